The minimum Gasteiger partial charge on any atom is -0.454 e. The number of nitrogens with one attached hydrogen (secondary N) is 1. The van der Waals surface area contributed by atoms with Crippen molar-refractivity contribution < 1.29 is 13.9 Å². The highest BCUT2D eigenvalue weighted by atomic mass is 19.1. The Hall–Kier alpha value is -4.57. The monoisotopic (exact) mass is 512 g/mol. The summed E-state index contributed by atoms with van der Waals surface area (Å²) >= 11 is 0. The lowest BCUT2D eigenvalue weighted by atomic mass is 10.1. The van der Waals surface area contributed by atoms with E-state index >= 15 is 0 Å². The van der Waals surface area contributed by atoms with E-state index in [0.717, 1.165) is 27.6 Å². The first kappa shape index (κ1) is 23.8. The summed E-state index contributed by atoms with van der Waals surface area (Å²) in [6.07, 6.45) is 0. The van der Waals surface area contributed by atoms with Crippen LogP contribution in [0.4, 0.5) is 4.39 Å². The number of nitrogens with zero attached hydrogens (tertiary/aromatic N) is 5. The molecule has 0 aliphatic carbocycles. The molecule has 0 amide bonds. The van der Waals surface area contributed by atoms with Gasteiger partial charge in [0.1, 0.15) is 5.82 Å². The Morgan fingerprint density at radius 1 is 0.974 bits per heavy atom. The molecule has 5 aromatic rings. The average Bonchev–Trinajstić information content (AvgIpc) is 3.55. The molecule has 1 aliphatic heterocycles. The van der Waals surface area contributed by atoms with E-state index in [1.54, 1.807) is 16.8 Å². The standard InChI is InChI=1S/C28H25FN6O3/c1-18-3-2-4-21-12-22(28(36)30-27(18)21)15-34(13-20-7-10-24-25(11-20)38-17-37-24)16-26-31-32-33-35(26)14-19-5-8-23(29)9-6-19/h2-12H,13-17H2,1H3,(H,30,36). The Labute approximate surface area is 217 Å². The Balaban J connectivity index is 1.31. The number of halogens is 1. The number of tetrazole rings is 1. The normalized spacial score (nSPS) is 12.5. The molecule has 3 aromatic carbocycles. The Morgan fingerprint density at radius 3 is 2.66 bits per heavy atom. The van der Waals surface area contributed by atoms with Crippen LogP contribution >= 0.6 is 0 Å². The third-order valence-corrected chi connectivity index (χ3v) is 6.62. The highest BCUT2D eigenvalue weighted by Crippen LogP contribution is 2.33. The molecule has 0 unspecified atom stereocenters. The van der Waals surface area contributed by atoms with Crippen molar-refractivity contribution in [2.45, 2.75) is 33.1 Å². The van der Waals surface area contributed by atoms with Crippen molar-refractivity contribution in [2.75, 3.05) is 6.79 Å². The van der Waals surface area contributed by atoms with Crippen molar-refractivity contribution in [3.63, 3.8) is 0 Å². The predicted molar refractivity (Wildman–Crippen MR) is 138 cm³/mol. The van der Waals surface area contributed by atoms with Crippen LogP contribution in [0.1, 0.15) is 28.1 Å². The second-order valence-electron chi connectivity index (χ2n) is 9.37. The van der Waals surface area contributed by atoms with Crippen LogP contribution < -0.4 is 15.0 Å². The van der Waals surface area contributed by atoms with Crippen LogP contribution in [0, 0.1) is 12.7 Å². The number of aromatic nitrogens is 5. The van der Waals surface area contributed by atoms with E-state index in [0.29, 0.717) is 49.1 Å². The summed E-state index contributed by atoms with van der Waals surface area (Å²) in [5.74, 6) is 1.74. The fourth-order valence-corrected chi connectivity index (χ4v) is 4.67. The number of para-hydroxylation sites is 1. The van der Waals surface area contributed by atoms with E-state index in [4.69, 9.17) is 9.47 Å². The molecule has 1 aliphatic rings. The molecule has 1 N–H and O–H groups in total. The summed E-state index contributed by atoms with van der Waals surface area (Å²) in [6, 6.07) is 20.0. The first-order valence-electron chi connectivity index (χ1n) is 12.2. The molecule has 10 heteroatoms. The van der Waals surface area contributed by atoms with E-state index in [1.807, 2.05) is 49.4 Å². The van der Waals surface area contributed by atoms with E-state index in [1.165, 1.54) is 12.1 Å². The summed E-state index contributed by atoms with van der Waals surface area (Å²) in [5, 5.41) is 13.2. The van der Waals surface area contributed by atoms with Gasteiger partial charge in [-0.2, -0.15) is 0 Å². The minimum atomic E-state index is -0.295. The van der Waals surface area contributed by atoms with Gasteiger partial charge in [-0.1, -0.05) is 36.4 Å². The predicted octanol–water partition coefficient (Wildman–Crippen LogP) is 3.94. The SMILES string of the molecule is Cc1cccc2cc(CN(Cc3ccc4c(c3)OCO4)Cc3nnnn3Cc3ccc(F)cc3)c(=O)[nH]c12. The average molecular weight is 513 g/mol. The van der Waals surface area contributed by atoms with Crippen LogP contribution in [-0.4, -0.2) is 36.9 Å². The number of pyridine rings is 1. The van der Waals surface area contributed by atoms with Crippen LogP contribution in [0.2, 0.25) is 0 Å². The number of fused-ring (bicyclic) bond motifs is 2. The maximum Gasteiger partial charge on any atom is 0.252 e. The van der Waals surface area contributed by atoms with E-state index in [-0.39, 0.29) is 18.2 Å². The second kappa shape index (κ2) is 10.1. The molecule has 3 heterocycles. The molecule has 0 bridgehead atoms. The zero-order valence-corrected chi connectivity index (χ0v) is 20.7. The topological polar surface area (TPSA) is 98.2 Å². The lowest BCUT2D eigenvalue weighted by Gasteiger charge is -2.22. The van der Waals surface area contributed by atoms with Crippen molar-refractivity contribution >= 4 is 10.9 Å². The van der Waals surface area contributed by atoms with Crippen molar-refractivity contribution in [3.05, 3.63) is 111 Å². The van der Waals surface area contributed by atoms with Gasteiger partial charge in [0, 0.05) is 18.7 Å². The first-order chi connectivity index (χ1) is 18.5. The minimum absolute atomic E-state index is 0.131. The summed E-state index contributed by atoms with van der Waals surface area (Å²) in [6.45, 7) is 3.85. The van der Waals surface area contributed by atoms with Gasteiger partial charge in [0.25, 0.3) is 5.56 Å². The quantitative estimate of drug-likeness (QED) is 0.336. The lowest BCUT2D eigenvalue weighted by Crippen LogP contribution is -2.28. The third kappa shape index (κ3) is 4.98. The van der Waals surface area contributed by atoms with Gasteiger partial charge in [-0.3, -0.25) is 9.69 Å². The van der Waals surface area contributed by atoms with E-state index < -0.39 is 0 Å². The van der Waals surface area contributed by atoms with Crippen LogP contribution in [0.15, 0.2) is 71.5 Å². The van der Waals surface area contributed by atoms with Crippen molar-refractivity contribution in [3.8, 4) is 11.5 Å². The Kier molecular flexibility index (Phi) is 6.30. The van der Waals surface area contributed by atoms with Crippen LogP contribution in [0.25, 0.3) is 10.9 Å². The molecule has 0 spiro atoms. The number of hydrogen-bond acceptors (Lipinski definition) is 7. The summed E-state index contributed by atoms with van der Waals surface area (Å²) in [7, 11) is 0. The van der Waals surface area contributed by atoms with Crippen LogP contribution in [0.3, 0.4) is 0 Å². The molecular weight excluding hydrogens is 487 g/mol. The summed E-state index contributed by atoms with van der Waals surface area (Å²) in [5.41, 5.74) is 4.24. The molecule has 38 heavy (non-hydrogen) atoms. The highest BCUT2D eigenvalue weighted by Gasteiger charge is 2.19. The molecule has 192 valence electrons. The van der Waals surface area contributed by atoms with Gasteiger partial charge in [0.2, 0.25) is 6.79 Å². The van der Waals surface area contributed by atoms with Crippen molar-refractivity contribution in [2.24, 2.45) is 0 Å². The second-order valence-corrected chi connectivity index (χ2v) is 9.37. The molecule has 2 aromatic heterocycles. The zero-order valence-electron chi connectivity index (χ0n) is 20.7. The number of H-pyrrole nitrogens is 1. The van der Waals surface area contributed by atoms with Gasteiger partial charge in [0.15, 0.2) is 17.3 Å². The van der Waals surface area contributed by atoms with Gasteiger partial charge in [0.05, 0.1) is 18.6 Å². The van der Waals surface area contributed by atoms with Crippen molar-refractivity contribution in [1.82, 2.24) is 30.1 Å². The van der Waals surface area contributed by atoms with Crippen LogP contribution in [0.5, 0.6) is 11.5 Å². The van der Waals surface area contributed by atoms with Gasteiger partial charge in [-0.25, -0.2) is 9.07 Å². The summed E-state index contributed by atoms with van der Waals surface area (Å²) in [4.78, 5) is 18.2. The maximum absolute atomic E-state index is 13.4. The van der Waals surface area contributed by atoms with Gasteiger partial charge in [-0.15, -0.1) is 5.10 Å². The lowest BCUT2D eigenvalue weighted by molar-refractivity contribution is 0.174. The molecular formula is C28H25FN6O3. The van der Waals surface area contributed by atoms with E-state index in [2.05, 4.69) is 25.4 Å². The number of aryl methyl sites for hydroxylation is 1. The molecule has 0 saturated carbocycles. The number of ether oxygens (including phenoxy) is 2. The number of aromatic amines is 1. The molecule has 0 atom stereocenters. The number of hydrogen-bond donors (Lipinski definition) is 1. The van der Waals surface area contributed by atoms with Gasteiger partial charge < -0.3 is 14.5 Å². The highest BCUT2D eigenvalue weighted by molar-refractivity contribution is 5.81. The third-order valence-electron chi connectivity index (χ3n) is 6.62. The van der Waals surface area contributed by atoms with Crippen LogP contribution in [-0.2, 0) is 26.2 Å². The number of rotatable bonds is 8. The van der Waals surface area contributed by atoms with Gasteiger partial charge in [-0.05, 0) is 69.8 Å². The van der Waals surface area contributed by atoms with E-state index in [9.17, 15) is 9.18 Å². The first-order valence-corrected chi connectivity index (χ1v) is 12.2. The van der Waals surface area contributed by atoms with Gasteiger partial charge >= 0.3 is 0 Å². The Morgan fingerprint density at radius 2 is 1.79 bits per heavy atom. The largest absolute Gasteiger partial charge is 0.454 e. The molecule has 0 radical (unpaired) electrons. The zero-order chi connectivity index (χ0) is 26.1. The van der Waals surface area contributed by atoms with Crippen molar-refractivity contribution in [1.29, 1.82) is 0 Å². The molecule has 9 nitrogen and oxygen atoms in total. The molecule has 0 fully saturated rings. The maximum atomic E-state index is 13.4. The summed E-state index contributed by atoms with van der Waals surface area (Å²) < 4.78 is 26.1. The number of benzene rings is 3. The fourth-order valence-electron chi connectivity index (χ4n) is 4.67. The Bertz CT molecular complexity index is 1660. The fraction of sp³-hybridized carbons (Fsp3) is 0.214. The smallest absolute Gasteiger partial charge is 0.252 e. The molecule has 6 rings (SSSR count). The molecule has 0 saturated heterocycles.